The van der Waals surface area contributed by atoms with Crippen LogP contribution in [0.4, 0.5) is 11.4 Å². The molecule has 2 heterocycles. The van der Waals surface area contributed by atoms with Crippen LogP contribution >= 0.6 is 0 Å². The van der Waals surface area contributed by atoms with Crippen LogP contribution in [0.15, 0.2) is 77.7 Å². The van der Waals surface area contributed by atoms with E-state index in [0.717, 1.165) is 37.6 Å². The first-order valence-corrected chi connectivity index (χ1v) is 10.8. The zero-order valence-corrected chi connectivity index (χ0v) is 18.2. The van der Waals surface area contributed by atoms with Crippen molar-refractivity contribution in [3.8, 4) is 5.75 Å². The molecule has 1 fully saturated rings. The number of amides is 1. The quantitative estimate of drug-likeness (QED) is 0.622. The minimum absolute atomic E-state index is 0.102. The number of carbonyl (C=O) groups excluding carboxylic acids is 1. The molecule has 3 aromatic rings. The Morgan fingerprint density at radius 1 is 0.969 bits per heavy atom. The molecule has 1 aliphatic rings. The summed E-state index contributed by atoms with van der Waals surface area (Å²) in [5, 5.41) is 2.90. The largest absolute Gasteiger partial charge is 0.491 e. The van der Waals surface area contributed by atoms with Crippen molar-refractivity contribution in [2.75, 3.05) is 43.5 Å². The number of nitrogens with zero attached hydrogens (tertiary/aromatic N) is 3. The number of rotatable bonds is 7. The second-order valence-corrected chi connectivity index (χ2v) is 7.84. The molecule has 4 rings (SSSR count). The van der Waals surface area contributed by atoms with Crippen molar-refractivity contribution >= 4 is 17.3 Å². The van der Waals surface area contributed by atoms with Gasteiger partial charge in [0.25, 0.3) is 0 Å². The van der Waals surface area contributed by atoms with Crippen LogP contribution in [0.5, 0.6) is 5.75 Å². The van der Waals surface area contributed by atoms with Crippen molar-refractivity contribution in [1.29, 1.82) is 0 Å². The number of ether oxygens (including phenoxy) is 1. The summed E-state index contributed by atoms with van der Waals surface area (Å²) >= 11 is 0. The third-order valence-electron chi connectivity index (χ3n) is 5.65. The lowest BCUT2D eigenvalue weighted by molar-refractivity contribution is -0.116. The molecule has 0 saturated carbocycles. The second kappa shape index (κ2) is 10.2. The predicted octanol–water partition coefficient (Wildman–Crippen LogP) is 2.82. The van der Waals surface area contributed by atoms with Crippen molar-refractivity contribution < 1.29 is 9.53 Å². The van der Waals surface area contributed by atoms with Crippen LogP contribution in [0.1, 0.15) is 5.69 Å². The van der Waals surface area contributed by atoms with Crippen LogP contribution in [0, 0.1) is 0 Å². The van der Waals surface area contributed by atoms with E-state index in [9.17, 15) is 9.59 Å². The summed E-state index contributed by atoms with van der Waals surface area (Å²) in [5.74, 6) is 0.0761. The van der Waals surface area contributed by atoms with Gasteiger partial charge >= 0.3 is 0 Å². The van der Waals surface area contributed by atoms with E-state index in [1.807, 2.05) is 41.0 Å². The van der Waals surface area contributed by atoms with E-state index in [-0.39, 0.29) is 23.6 Å². The van der Waals surface area contributed by atoms with Crippen LogP contribution in [-0.2, 0) is 17.9 Å². The van der Waals surface area contributed by atoms with Crippen molar-refractivity contribution in [3.05, 3.63) is 88.8 Å². The number of piperazine rings is 1. The number of carbonyl (C=O) groups is 1. The first kappa shape index (κ1) is 21.6. The third-order valence-corrected chi connectivity index (χ3v) is 5.65. The highest BCUT2D eigenvalue weighted by atomic mass is 16.5. The zero-order chi connectivity index (χ0) is 22.3. The summed E-state index contributed by atoms with van der Waals surface area (Å²) in [6, 6.07) is 21.3. The predicted molar refractivity (Wildman–Crippen MR) is 126 cm³/mol. The van der Waals surface area contributed by atoms with Crippen LogP contribution in [-0.4, -0.2) is 48.7 Å². The summed E-state index contributed by atoms with van der Waals surface area (Å²) in [6.07, 6.45) is 1.63. The number of hydrogen-bond donors (Lipinski definition) is 1. The lowest BCUT2D eigenvalue weighted by Gasteiger charge is -2.36. The fourth-order valence-corrected chi connectivity index (χ4v) is 3.94. The van der Waals surface area contributed by atoms with Crippen LogP contribution < -0.4 is 20.4 Å². The van der Waals surface area contributed by atoms with E-state index in [1.165, 1.54) is 12.8 Å². The monoisotopic (exact) mass is 432 g/mol. The fourth-order valence-electron chi connectivity index (χ4n) is 3.94. The highest BCUT2D eigenvalue weighted by molar-refractivity contribution is 5.90. The molecule has 7 heteroatoms. The minimum Gasteiger partial charge on any atom is -0.491 e. The number of benzene rings is 2. The van der Waals surface area contributed by atoms with Crippen molar-refractivity contribution in [1.82, 2.24) is 9.47 Å². The molecular formula is C25H28N4O3. The molecule has 0 atom stereocenters. The standard InChI is InChI=1S/C25H28N4O3/c1-32-24-18-29(19-25(31)26-20-8-4-2-5-9-20)22(16-23(24)30)17-27-12-14-28(15-13-27)21-10-6-3-7-11-21/h2-11,16,18H,12-15,17,19H2,1H3,(H,26,31). The van der Waals surface area contributed by atoms with E-state index >= 15 is 0 Å². The summed E-state index contributed by atoms with van der Waals surface area (Å²) < 4.78 is 7.02. The van der Waals surface area contributed by atoms with Crippen LogP contribution in [0.3, 0.4) is 0 Å². The first-order chi connectivity index (χ1) is 15.6. The van der Waals surface area contributed by atoms with Gasteiger partial charge in [-0.2, -0.15) is 0 Å². The molecule has 0 radical (unpaired) electrons. The number of para-hydroxylation sites is 2. The second-order valence-electron chi connectivity index (χ2n) is 7.84. The number of pyridine rings is 1. The summed E-state index contributed by atoms with van der Waals surface area (Å²) in [7, 11) is 1.47. The Labute approximate surface area is 187 Å². The van der Waals surface area contributed by atoms with Gasteiger partial charge in [0.1, 0.15) is 6.54 Å². The molecule has 166 valence electrons. The van der Waals surface area contributed by atoms with E-state index in [2.05, 4.69) is 39.4 Å². The van der Waals surface area contributed by atoms with Gasteiger partial charge in [0.15, 0.2) is 5.75 Å². The number of anilines is 2. The summed E-state index contributed by atoms with van der Waals surface area (Å²) in [6.45, 7) is 4.29. The molecule has 0 unspecified atom stereocenters. The number of methoxy groups -OCH3 is 1. The van der Waals surface area contributed by atoms with Gasteiger partial charge in [-0.05, 0) is 24.3 Å². The lowest BCUT2D eigenvalue weighted by Crippen LogP contribution is -2.46. The Hall–Kier alpha value is -3.58. The number of nitrogens with one attached hydrogen (secondary N) is 1. The maximum atomic E-state index is 12.6. The highest BCUT2D eigenvalue weighted by Crippen LogP contribution is 2.17. The molecule has 1 aromatic heterocycles. The highest BCUT2D eigenvalue weighted by Gasteiger charge is 2.19. The maximum Gasteiger partial charge on any atom is 0.244 e. The molecule has 1 aliphatic heterocycles. The Morgan fingerprint density at radius 2 is 1.62 bits per heavy atom. The molecule has 0 spiro atoms. The molecular weight excluding hydrogens is 404 g/mol. The van der Waals surface area contributed by atoms with Gasteiger partial charge in [-0.25, -0.2) is 0 Å². The number of aromatic nitrogens is 1. The smallest absolute Gasteiger partial charge is 0.244 e. The van der Waals surface area contributed by atoms with Crippen molar-refractivity contribution in [2.45, 2.75) is 13.1 Å². The molecule has 1 saturated heterocycles. The molecule has 0 bridgehead atoms. The van der Waals surface area contributed by atoms with Crippen molar-refractivity contribution in [2.24, 2.45) is 0 Å². The Kier molecular flexibility index (Phi) is 6.87. The zero-order valence-electron chi connectivity index (χ0n) is 18.2. The minimum atomic E-state index is -0.176. The molecule has 32 heavy (non-hydrogen) atoms. The molecule has 1 amide bonds. The summed E-state index contributed by atoms with van der Waals surface area (Å²) in [5.41, 5.74) is 2.59. The van der Waals surface area contributed by atoms with Gasteiger partial charge in [-0.1, -0.05) is 36.4 Å². The maximum absolute atomic E-state index is 12.6. The molecule has 7 nitrogen and oxygen atoms in total. The Bertz CT molecular complexity index is 1090. The normalized spacial score (nSPS) is 14.2. The SMILES string of the molecule is COc1cn(CC(=O)Nc2ccccc2)c(CN2CCN(c3ccccc3)CC2)cc1=O. The lowest BCUT2D eigenvalue weighted by atomic mass is 10.2. The average molecular weight is 433 g/mol. The average Bonchev–Trinajstić information content (AvgIpc) is 2.82. The molecule has 2 aromatic carbocycles. The van der Waals surface area contributed by atoms with Gasteiger partial charge < -0.3 is 19.5 Å². The fraction of sp³-hybridized carbons (Fsp3) is 0.280. The summed E-state index contributed by atoms with van der Waals surface area (Å²) in [4.78, 5) is 29.7. The topological polar surface area (TPSA) is 66.8 Å². The first-order valence-electron chi connectivity index (χ1n) is 10.8. The van der Waals surface area contributed by atoms with E-state index in [0.29, 0.717) is 6.54 Å². The van der Waals surface area contributed by atoms with Crippen LogP contribution in [0.2, 0.25) is 0 Å². The molecule has 1 N–H and O–H groups in total. The Morgan fingerprint density at radius 3 is 2.28 bits per heavy atom. The van der Waals surface area contributed by atoms with E-state index < -0.39 is 0 Å². The van der Waals surface area contributed by atoms with Gasteiger partial charge in [0, 0.05) is 55.9 Å². The van der Waals surface area contributed by atoms with E-state index in [1.54, 1.807) is 12.3 Å². The van der Waals surface area contributed by atoms with Gasteiger partial charge in [-0.15, -0.1) is 0 Å². The van der Waals surface area contributed by atoms with Crippen molar-refractivity contribution in [3.63, 3.8) is 0 Å². The third kappa shape index (κ3) is 5.36. The van der Waals surface area contributed by atoms with Gasteiger partial charge in [-0.3, -0.25) is 14.5 Å². The number of hydrogen-bond acceptors (Lipinski definition) is 5. The van der Waals surface area contributed by atoms with Gasteiger partial charge in [0.2, 0.25) is 11.3 Å². The Balaban J connectivity index is 1.45. The van der Waals surface area contributed by atoms with Gasteiger partial charge in [0.05, 0.1) is 13.3 Å². The van der Waals surface area contributed by atoms with E-state index in [4.69, 9.17) is 4.74 Å². The van der Waals surface area contributed by atoms with Crippen LogP contribution in [0.25, 0.3) is 0 Å². The molecule has 0 aliphatic carbocycles.